The molecule has 160 valence electrons. The number of hydrogen-bond acceptors (Lipinski definition) is 6. The van der Waals surface area contributed by atoms with Crippen LogP contribution in [0.25, 0.3) is 6.08 Å². The summed E-state index contributed by atoms with van der Waals surface area (Å²) in [5, 5.41) is 11.9. The third kappa shape index (κ3) is 4.84. The van der Waals surface area contributed by atoms with E-state index in [9.17, 15) is 14.4 Å². The summed E-state index contributed by atoms with van der Waals surface area (Å²) in [6, 6.07) is 11.1. The topological polar surface area (TPSA) is 105 Å². The molecule has 2 amide bonds. The lowest BCUT2D eigenvalue weighted by molar-refractivity contribution is -0.144. The second-order valence-electron chi connectivity index (χ2n) is 6.45. The van der Waals surface area contributed by atoms with Crippen molar-refractivity contribution >= 4 is 58.5 Å². The molecule has 0 spiro atoms. The van der Waals surface area contributed by atoms with Gasteiger partial charge in [0.2, 0.25) is 0 Å². The van der Waals surface area contributed by atoms with Gasteiger partial charge in [0.05, 0.1) is 12.8 Å². The molecule has 0 saturated carbocycles. The van der Waals surface area contributed by atoms with Gasteiger partial charge >= 0.3 is 5.97 Å². The lowest BCUT2D eigenvalue weighted by Gasteiger charge is -2.29. The fourth-order valence-electron chi connectivity index (χ4n) is 2.79. The first kappa shape index (κ1) is 22.3. The zero-order chi connectivity index (χ0) is 22.7. The van der Waals surface area contributed by atoms with E-state index >= 15 is 0 Å². The number of ether oxygens (including phenoxy) is 2. The van der Waals surface area contributed by atoms with Crippen LogP contribution in [0.1, 0.15) is 12.5 Å². The van der Waals surface area contributed by atoms with Gasteiger partial charge in [0, 0.05) is 5.02 Å². The molecule has 10 heteroatoms. The number of carbonyl (C=O) groups excluding carboxylic acids is 2. The van der Waals surface area contributed by atoms with Crippen LogP contribution in [0.5, 0.6) is 11.5 Å². The first-order valence-corrected chi connectivity index (χ1v) is 9.74. The Morgan fingerprint density at radius 1 is 1.23 bits per heavy atom. The lowest BCUT2D eigenvalue weighted by Crippen LogP contribution is -2.54. The highest BCUT2D eigenvalue weighted by Crippen LogP contribution is 2.31. The van der Waals surface area contributed by atoms with Crippen molar-refractivity contribution in [3.63, 3.8) is 0 Å². The van der Waals surface area contributed by atoms with Crippen molar-refractivity contribution in [1.82, 2.24) is 5.32 Å². The number of halogens is 1. The predicted octanol–water partition coefficient (Wildman–Crippen LogP) is 3.03. The number of benzene rings is 2. The van der Waals surface area contributed by atoms with Crippen LogP contribution in [-0.2, 0) is 14.4 Å². The number of anilines is 1. The second kappa shape index (κ2) is 9.15. The maximum atomic E-state index is 13.0. The van der Waals surface area contributed by atoms with E-state index in [1.165, 1.54) is 37.1 Å². The molecule has 2 aromatic carbocycles. The Morgan fingerprint density at radius 2 is 1.97 bits per heavy atom. The van der Waals surface area contributed by atoms with Crippen molar-refractivity contribution in [1.29, 1.82) is 0 Å². The minimum absolute atomic E-state index is 0.0570. The van der Waals surface area contributed by atoms with Gasteiger partial charge in [-0.05, 0) is 61.1 Å². The molecule has 1 heterocycles. The van der Waals surface area contributed by atoms with E-state index in [0.717, 1.165) is 0 Å². The molecule has 0 bridgehead atoms. The highest BCUT2D eigenvalue weighted by Gasteiger charge is 2.34. The molecule has 0 unspecified atom stereocenters. The van der Waals surface area contributed by atoms with Crippen molar-refractivity contribution in [3.8, 4) is 11.5 Å². The van der Waals surface area contributed by atoms with Crippen molar-refractivity contribution in [2.45, 2.75) is 13.0 Å². The fraction of sp³-hybridized carbons (Fsp3) is 0.143. The van der Waals surface area contributed by atoms with Gasteiger partial charge < -0.3 is 14.6 Å². The zero-order valence-corrected chi connectivity index (χ0v) is 18.0. The van der Waals surface area contributed by atoms with Gasteiger partial charge in [-0.2, -0.15) is 0 Å². The van der Waals surface area contributed by atoms with Gasteiger partial charge in [-0.3, -0.25) is 19.8 Å². The summed E-state index contributed by atoms with van der Waals surface area (Å²) in [6.45, 7) is 1.38. The lowest BCUT2D eigenvalue weighted by atomic mass is 10.1. The number of rotatable bonds is 6. The van der Waals surface area contributed by atoms with Gasteiger partial charge in [0.1, 0.15) is 5.57 Å². The average molecular weight is 461 g/mol. The summed E-state index contributed by atoms with van der Waals surface area (Å²) in [4.78, 5) is 37.7. The van der Waals surface area contributed by atoms with E-state index in [4.69, 9.17) is 38.4 Å². The molecule has 1 fully saturated rings. The molecule has 1 aliphatic heterocycles. The number of carboxylic acids is 1. The summed E-state index contributed by atoms with van der Waals surface area (Å²) in [5.74, 6) is -1.94. The Hall–Kier alpha value is -3.43. The van der Waals surface area contributed by atoms with E-state index < -0.39 is 23.9 Å². The van der Waals surface area contributed by atoms with Crippen LogP contribution < -0.4 is 19.7 Å². The third-order valence-electron chi connectivity index (χ3n) is 4.32. The van der Waals surface area contributed by atoms with Crippen molar-refractivity contribution < 1.29 is 29.0 Å². The van der Waals surface area contributed by atoms with Crippen LogP contribution in [0.3, 0.4) is 0 Å². The molecule has 31 heavy (non-hydrogen) atoms. The van der Waals surface area contributed by atoms with E-state index in [-0.39, 0.29) is 22.2 Å². The summed E-state index contributed by atoms with van der Waals surface area (Å²) < 4.78 is 10.6. The van der Waals surface area contributed by atoms with Gasteiger partial charge in [0.25, 0.3) is 11.8 Å². The highest BCUT2D eigenvalue weighted by molar-refractivity contribution is 7.80. The number of methoxy groups -OCH3 is 1. The number of hydrogen-bond donors (Lipinski definition) is 2. The smallest absolute Gasteiger partial charge is 0.344 e. The Bertz CT molecular complexity index is 1120. The summed E-state index contributed by atoms with van der Waals surface area (Å²) in [5.41, 5.74) is 0.727. The molecule has 0 aromatic heterocycles. The van der Waals surface area contributed by atoms with Gasteiger partial charge in [-0.1, -0.05) is 23.7 Å². The van der Waals surface area contributed by atoms with Gasteiger partial charge in [0.15, 0.2) is 22.7 Å². The van der Waals surface area contributed by atoms with Crippen LogP contribution in [0.4, 0.5) is 5.69 Å². The fourth-order valence-corrected chi connectivity index (χ4v) is 3.25. The normalized spacial score (nSPS) is 16.2. The molecule has 1 saturated heterocycles. The number of thiocarbonyl (C=S) groups is 1. The Morgan fingerprint density at radius 3 is 2.61 bits per heavy atom. The number of aliphatic carboxylic acids is 1. The minimum Gasteiger partial charge on any atom is -0.493 e. The number of carbonyl (C=O) groups is 3. The molecule has 8 nitrogen and oxygen atoms in total. The molecular weight excluding hydrogens is 444 g/mol. The number of amides is 2. The van der Waals surface area contributed by atoms with Gasteiger partial charge in [-0.25, -0.2) is 4.79 Å². The Balaban J connectivity index is 1.96. The minimum atomic E-state index is -1.13. The molecule has 3 rings (SSSR count). The molecule has 2 aromatic rings. The largest absolute Gasteiger partial charge is 0.493 e. The second-order valence-corrected chi connectivity index (χ2v) is 7.27. The Kier molecular flexibility index (Phi) is 6.57. The van der Waals surface area contributed by atoms with E-state index in [1.54, 1.807) is 30.3 Å². The first-order valence-electron chi connectivity index (χ1n) is 8.95. The highest BCUT2D eigenvalue weighted by atomic mass is 35.5. The quantitative estimate of drug-likeness (QED) is 0.388. The molecule has 2 N–H and O–H groups in total. The number of nitrogens with zero attached hydrogens (tertiary/aromatic N) is 1. The van der Waals surface area contributed by atoms with E-state index in [0.29, 0.717) is 16.3 Å². The van der Waals surface area contributed by atoms with Gasteiger partial charge in [-0.15, -0.1) is 0 Å². The molecular formula is C21H17ClN2O6S. The average Bonchev–Trinajstić information content (AvgIpc) is 2.71. The van der Waals surface area contributed by atoms with E-state index in [1.807, 2.05) is 0 Å². The molecule has 0 radical (unpaired) electrons. The molecule has 1 aliphatic rings. The number of carboxylic acid groups (broad SMARTS) is 1. The molecule has 0 aliphatic carbocycles. The zero-order valence-electron chi connectivity index (χ0n) is 16.4. The van der Waals surface area contributed by atoms with Crippen LogP contribution in [0.15, 0.2) is 48.0 Å². The Labute approximate surface area is 188 Å². The third-order valence-corrected chi connectivity index (χ3v) is 4.84. The van der Waals surface area contributed by atoms with Crippen LogP contribution in [0.2, 0.25) is 5.02 Å². The standard InChI is InChI=1S/C21H17ClN2O6S/c1-11(20(27)28)30-16-7-6-12(9-17(16)29-2)8-15-18(25)23-21(31)24(19(15)26)14-5-3-4-13(22)10-14/h3-11H,1-2H3,(H,27,28)(H,23,25,31)/b15-8+/t11-/m1/s1. The first-order chi connectivity index (χ1) is 14.7. The van der Waals surface area contributed by atoms with Crippen LogP contribution in [-0.4, -0.2) is 41.2 Å². The van der Waals surface area contributed by atoms with E-state index in [2.05, 4.69) is 5.32 Å². The van der Waals surface area contributed by atoms with Crippen molar-refractivity contribution in [3.05, 3.63) is 58.6 Å². The SMILES string of the molecule is COc1cc(/C=C2\C(=O)NC(=S)N(c3cccc(Cl)c3)C2=O)ccc1O[C@H](C)C(=O)O. The monoisotopic (exact) mass is 460 g/mol. The number of nitrogens with one attached hydrogen (secondary N) is 1. The molecule has 1 atom stereocenters. The van der Waals surface area contributed by atoms with Crippen LogP contribution in [0, 0.1) is 0 Å². The summed E-state index contributed by atoms with van der Waals surface area (Å²) in [7, 11) is 1.39. The predicted molar refractivity (Wildman–Crippen MR) is 118 cm³/mol. The maximum absolute atomic E-state index is 13.0. The summed E-state index contributed by atoms with van der Waals surface area (Å²) in [6.07, 6.45) is 0.292. The maximum Gasteiger partial charge on any atom is 0.344 e. The van der Waals surface area contributed by atoms with Crippen LogP contribution >= 0.6 is 23.8 Å². The van der Waals surface area contributed by atoms with Crippen molar-refractivity contribution in [2.24, 2.45) is 0 Å². The summed E-state index contributed by atoms with van der Waals surface area (Å²) >= 11 is 11.2. The van der Waals surface area contributed by atoms with Crippen molar-refractivity contribution in [2.75, 3.05) is 12.0 Å².